The second kappa shape index (κ2) is 4.52. The zero-order valence-electron chi connectivity index (χ0n) is 9.32. The fourth-order valence-electron chi connectivity index (χ4n) is 2.34. The summed E-state index contributed by atoms with van der Waals surface area (Å²) in [4.78, 5) is 0. The summed E-state index contributed by atoms with van der Waals surface area (Å²) in [6, 6.07) is 6.47. The van der Waals surface area contributed by atoms with E-state index in [9.17, 15) is 9.50 Å². The SMILES string of the molecule is NCC(CO)(Cc1ccc(F)cc1)C1CC1. The van der Waals surface area contributed by atoms with Gasteiger partial charge in [-0.15, -0.1) is 0 Å². The third kappa shape index (κ3) is 2.25. The molecular weight excluding hydrogens is 205 g/mol. The highest BCUT2D eigenvalue weighted by Gasteiger charge is 2.43. The minimum absolute atomic E-state index is 0.117. The topological polar surface area (TPSA) is 46.2 Å². The van der Waals surface area contributed by atoms with E-state index in [1.54, 1.807) is 12.1 Å². The standard InChI is InChI=1S/C13H18FNO/c14-12-5-1-10(2-6-12)7-13(8-15,9-16)11-3-4-11/h1-2,5-6,11,16H,3-4,7-9,15H2. The summed E-state index contributed by atoms with van der Waals surface area (Å²) in [7, 11) is 0. The molecule has 0 aromatic heterocycles. The monoisotopic (exact) mass is 223 g/mol. The Morgan fingerprint density at radius 1 is 1.31 bits per heavy atom. The highest BCUT2D eigenvalue weighted by atomic mass is 19.1. The number of halogens is 1. The summed E-state index contributed by atoms with van der Waals surface area (Å²) in [5.41, 5.74) is 6.66. The Hall–Kier alpha value is -0.930. The van der Waals surface area contributed by atoms with E-state index in [2.05, 4.69) is 0 Å². The summed E-state index contributed by atoms with van der Waals surface area (Å²) < 4.78 is 12.8. The minimum atomic E-state index is -0.225. The van der Waals surface area contributed by atoms with Crippen LogP contribution in [0.2, 0.25) is 0 Å². The summed E-state index contributed by atoms with van der Waals surface area (Å²) in [5.74, 6) is 0.310. The largest absolute Gasteiger partial charge is 0.396 e. The molecule has 0 amide bonds. The molecule has 1 aliphatic carbocycles. The second-order valence-electron chi connectivity index (χ2n) is 4.80. The molecule has 0 bridgehead atoms. The van der Waals surface area contributed by atoms with Crippen LogP contribution < -0.4 is 5.73 Å². The highest BCUT2D eigenvalue weighted by Crippen LogP contribution is 2.46. The lowest BCUT2D eigenvalue weighted by atomic mass is 9.78. The van der Waals surface area contributed by atoms with Crippen molar-refractivity contribution in [2.45, 2.75) is 19.3 Å². The number of nitrogens with two attached hydrogens (primary N) is 1. The van der Waals surface area contributed by atoms with E-state index in [4.69, 9.17) is 5.73 Å². The predicted molar refractivity (Wildman–Crippen MR) is 61.4 cm³/mol. The molecule has 0 heterocycles. The van der Waals surface area contributed by atoms with Gasteiger partial charge in [-0.1, -0.05) is 12.1 Å². The molecule has 3 heteroatoms. The molecule has 1 unspecified atom stereocenters. The third-order valence-electron chi connectivity index (χ3n) is 3.63. The van der Waals surface area contributed by atoms with Gasteiger partial charge in [0.1, 0.15) is 5.82 Å². The zero-order valence-corrected chi connectivity index (χ0v) is 9.32. The zero-order chi connectivity index (χ0) is 11.6. The number of hydrogen-bond acceptors (Lipinski definition) is 2. The number of hydrogen-bond donors (Lipinski definition) is 2. The smallest absolute Gasteiger partial charge is 0.123 e. The van der Waals surface area contributed by atoms with Gasteiger partial charge in [0.15, 0.2) is 0 Å². The highest BCUT2D eigenvalue weighted by molar-refractivity contribution is 5.19. The Morgan fingerprint density at radius 2 is 1.94 bits per heavy atom. The molecule has 3 N–H and O–H groups in total. The van der Waals surface area contributed by atoms with Gasteiger partial charge in [0.25, 0.3) is 0 Å². The summed E-state index contributed by atoms with van der Waals surface area (Å²) in [5, 5.41) is 9.55. The van der Waals surface area contributed by atoms with Crippen LogP contribution in [0.3, 0.4) is 0 Å². The van der Waals surface area contributed by atoms with Crippen molar-refractivity contribution in [2.24, 2.45) is 17.1 Å². The second-order valence-corrected chi connectivity index (χ2v) is 4.80. The predicted octanol–water partition coefficient (Wildman–Crippen LogP) is 1.72. The molecule has 2 rings (SSSR count). The van der Waals surface area contributed by atoms with Crippen LogP contribution in [0.15, 0.2) is 24.3 Å². The maximum atomic E-state index is 12.8. The Balaban J connectivity index is 2.13. The van der Waals surface area contributed by atoms with E-state index in [0.717, 1.165) is 24.8 Å². The van der Waals surface area contributed by atoms with Crippen molar-refractivity contribution < 1.29 is 9.50 Å². The molecule has 16 heavy (non-hydrogen) atoms. The van der Waals surface area contributed by atoms with Gasteiger partial charge in [0, 0.05) is 12.0 Å². The van der Waals surface area contributed by atoms with Crippen molar-refractivity contribution in [3.8, 4) is 0 Å². The lowest BCUT2D eigenvalue weighted by Crippen LogP contribution is -2.38. The molecule has 2 nitrogen and oxygen atoms in total. The molecule has 0 aliphatic heterocycles. The molecule has 1 aromatic carbocycles. The van der Waals surface area contributed by atoms with Gasteiger partial charge in [0.2, 0.25) is 0 Å². The first kappa shape index (κ1) is 11.6. The van der Waals surface area contributed by atoms with Crippen LogP contribution in [0.1, 0.15) is 18.4 Å². The fraction of sp³-hybridized carbons (Fsp3) is 0.538. The molecule has 1 aliphatic rings. The van der Waals surface area contributed by atoms with Crippen molar-refractivity contribution in [1.82, 2.24) is 0 Å². The molecule has 1 saturated carbocycles. The van der Waals surface area contributed by atoms with Gasteiger partial charge >= 0.3 is 0 Å². The van der Waals surface area contributed by atoms with Gasteiger partial charge in [-0.2, -0.15) is 0 Å². The van der Waals surface area contributed by atoms with Crippen molar-refractivity contribution in [1.29, 1.82) is 0 Å². The Labute approximate surface area is 95.3 Å². The third-order valence-corrected chi connectivity index (χ3v) is 3.63. The van der Waals surface area contributed by atoms with Crippen LogP contribution in [0.25, 0.3) is 0 Å². The molecule has 0 radical (unpaired) electrons. The Morgan fingerprint density at radius 3 is 2.38 bits per heavy atom. The van der Waals surface area contributed by atoms with Crippen LogP contribution in [0.5, 0.6) is 0 Å². The first-order valence-corrected chi connectivity index (χ1v) is 5.75. The van der Waals surface area contributed by atoms with E-state index < -0.39 is 0 Å². The van der Waals surface area contributed by atoms with E-state index >= 15 is 0 Å². The quantitative estimate of drug-likeness (QED) is 0.798. The first-order chi connectivity index (χ1) is 7.70. The summed E-state index contributed by atoms with van der Waals surface area (Å²) >= 11 is 0. The Kier molecular flexibility index (Phi) is 3.26. The first-order valence-electron chi connectivity index (χ1n) is 5.75. The number of rotatable bonds is 5. The van der Waals surface area contributed by atoms with Gasteiger partial charge < -0.3 is 10.8 Å². The van der Waals surface area contributed by atoms with E-state index in [1.165, 1.54) is 12.1 Å². The van der Waals surface area contributed by atoms with Crippen molar-refractivity contribution >= 4 is 0 Å². The van der Waals surface area contributed by atoms with Crippen molar-refractivity contribution in [2.75, 3.05) is 13.2 Å². The maximum absolute atomic E-state index is 12.8. The average molecular weight is 223 g/mol. The van der Waals surface area contributed by atoms with Crippen LogP contribution in [-0.2, 0) is 6.42 Å². The summed E-state index contributed by atoms with van der Waals surface area (Å²) in [6.07, 6.45) is 3.04. The maximum Gasteiger partial charge on any atom is 0.123 e. The van der Waals surface area contributed by atoms with Crippen LogP contribution in [0.4, 0.5) is 4.39 Å². The molecule has 1 atom stereocenters. The molecular formula is C13H18FNO. The summed E-state index contributed by atoms with van der Waals surface area (Å²) in [6.45, 7) is 0.608. The van der Waals surface area contributed by atoms with Crippen molar-refractivity contribution in [3.05, 3.63) is 35.6 Å². The molecule has 1 fully saturated rings. The minimum Gasteiger partial charge on any atom is -0.396 e. The molecule has 88 valence electrons. The van der Waals surface area contributed by atoms with Gasteiger partial charge in [-0.25, -0.2) is 4.39 Å². The Bertz CT molecular complexity index is 341. The van der Waals surface area contributed by atoms with Gasteiger partial charge in [0.05, 0.1) is 6.61 Å². The number of aliphatic hydroxyl groups excluding tert-OH is 1. The number of aliphatic hydroxyl groups is 1. The van der Waals surface area contributed by atoms with Gasteiger partial charge in [-0.05, 0) is 42.9 Å². The fourth-order valence-corrected chi connectivity index (χ4v) is 2.34. The normalized spacial score (nSPS) is 19.4. The van der Waals surface area contributed by atoms with Crippen LogP contribution in [-0.4, -0.2) is 18.3 Å². The van der Waals surface area contributed by atoms with Gasteiger partial charge in [-0.3, -0.25) is 0 Å². The van der Waals surface area contributed by atoms with Crippen LogP contribution >= 0.6 is 0 Å². The number of benzene rings is 1. The molecule has 1 aromatic rings. The lowest BCUT2D eigenvalue weighted by Gasteiger charge is -2.30. The molecule has 0 spiro atoms. The van der Waals surface area contributed by atoms with Crippen LogP contribution in [0, 0.1) is 17.2 Å². The average Bonchev–Trinajstić information content (AvgIpc) is 3.13. The lowest BCUT2D eigenvalue weighted by molar-refractivity contribution is 0.109. The van der Waals surface area contributed by atoms with E-state index in [1.807, 2.05) is 0 Å². The van der Waals surface area contributed by atoms with E-state index in [-0.39, 0.29) is 17.8 Å². The van der Waals surface area contributed by atoms with E-state index in [0.29, 0.717) is 12.5 Å². The van der Waals surface area contributed by atoms with Crippen molar-refractivity contribution in [3.63, 3.8) is 0 Å². The molecule has 0 saturated heterocycles.